The van der Waals surface area contributed by atoms with Crippen molar-refractivity contribution in [2.24, 2.45) is 0 Å². The fraction of sp³-hybridized carbons (Fsp3) is 0.778. The lowest BCUT2D eigenvalue weighted by molar-refractivity contribution is -0.203. The summed E-state index contributed by atoms with van der Waals surface area (Å²) in [6.45, 7) is 11.1. The van der Waals surface area contributed by atoms with Gasteiger partial charge in [0.25, 0.3) is 0 Å². The van der Waals surface area contributed by atoms with E-state index in [1.165, 1.54) is 0 Å². The maximum absolute atomic E-state index is 12.1. The van der Waals surface area contributed by atoms with Crippen molar-refractivity contribution in [1.29, 1.82) is 0 Å². The zero-order valence-electron chi connectivity index (χ0n) is 14.5. The lowest BCUT2D eigenvalue weighted by Crippen LogP contribution is -2.54. The van der Waals surface area contributed by atoms with E-state index in [1.54, 1.807) is 6.92 Å². The quantitative estimate of drug-likeness (QED) is 0.380. The molecule has 1 fully saturated rings. The molecule has 0 unspecified atom stereocenters. The summed E-state index contributed by atoms with van der Waals surface area (Å²) in [7, 11) is 0. The molecular weight excluding hydrogens is 280 g/mol. The Balaban J connectivity index is 2.77. The highest BCUT2D eigenvalue weighted by molar-refractivity contribution is 5.87. The molecular formula is C18H30O4. The zero-order chi connectivity index (χ0) is 16.8. The Bertz CT molecular complexity index is 417. The second-order valence-corrected chi connectivity index (χ2v) is 6.81. The molecule has 0 heterocycles. The second-order valence-electron chi connectivity index (χ2n) is 6.81. The van der Waals surface area contributed by atoms with E-state index in [2.05, 4.69) is 13.5 Å². The molecule has 0 aliphatic heterocycles. The molecule has 0 atom stereocenters. The molecule has 0 aromatic heterocycles. The Morgan fingerprint density at radius 3 is 2.27 bits per heavy atom. The predicted octanol–water partition coefficient (Wildman–Crippen LogP) is 4.32. The van der Waals surface area contributed by atoms with Crippen LogP contribution in [-0.2, 0) is 19.1 Å². The van der Waals surface area contributed by atoms with Crippen molar-refractivity contribution in [2.45, 2.75) is 90.3 Å². The summed E-state index contributed by atoms with van der Waals surface area (Å²) < 4.78 is 11.4. The average molecular weight is 310 g/mol. The van der Waals surface area contributed by atoms with E-state index in [0.29, 0.717) is 12.0 Å². The minimum absolute atomic E-state index is 0.212. The Labute approximate surface area is 134 Å². The first-order valence-electron chi connectivity index (χ1n) is 8.35. The first kappa shape index (κ1) is 18.7. The molecule has 0 aromatic rings. The first-order chi connectivity index (χ1) is 10.2. The van der Waals surface area contributed by atoms with Gasteiger partial charge in [0, 0.05) is 12.0 Å². The van der Waals surface area contributed by atoms with E-state index in [4.69, 9.17) is 9.47 Å². The summed E-state index contributed by atoms with van der Waals surface area (Å²) in [6.07, 6.45) is 6.73. The van der Waals surface area contributed by atoms with E-state index >= 15 is 0 Å². The van der Waals surface area contributed by atoms with Crippen LogP contribution in [0.5, 0.6) is 0 Å². The number of carbonyl (C=O) groups is 2. The van der Waals surface area contributed by atoms with Gasteiger partial charge >= 0.3 is 11.9 Å². The van der Waals surface area contributed by atoms with E-state index in [9.17, 15) is 9.59 Å². The molecule has 0 saturated heterocycles. The normalized spacial score (nSPS) is 17.1. The van der Waals surface area contributed by atoms with Crippen molar-refractivity contribution in [3.63, 3.8) is 0 Å². The van der Waals surface area contributed by atoms with Crippen molar-refractivity contribution in [1.82, 2.24) is 0 Å². The fourth-order valence-corrected chi connectivity index (χ4v) is 2.99. The topological polar surface area (TPSA) is 52.6 Å². The molecule has 0 aromatic carbocycles. The number of hydrogen-bond acceptors (Lipinski definition) is 4. The Morgan fingerprint density at radius 1 is 1.18 bits per heavy atom. The van der Waals surface area contributed by atoms with Crippen LogP contribution in [-0.4, -0.2) is 23.1 Å². The molecule has 126 valence electrons. The van der Waals surface area contributed by atoms with Crippen LogP contribution in [0.25, 0.3) is 0 Å². The standard InChI is InChI=1S/C18H30O4/c1-6-7-8-11-15(19)21-17(4,5)18(12-9-10-13-18)22-16(20)14(2)3/h2,6-13H2,1,3-5H3. The van der Waals surface area contributed by atoms with Gasteiger partial charge in [-0.25, -0.2) is 4.79 Å². The van der Waals surface area contributed by atoms with Crippen LogP contribution in [0.15, 0.2) is 12.2 Å². The minimum atomic E-state index is -0.822. The predicted molar refractivity (Wildman–Crippen MR) is 86.4 cm³/mol. The van der Waals surface area contributed by atoms with E-state index in [1.807, 2.05) is 13.8 Å². The highest BCUT2D eigenvalue weighted by Crippen LogP contribution is 2.44. The molecule has 0 bridgehead atoms. The third kappa shape index (κ3) is 4.59. The summed E-state index contributed by atoms with van der Waals surface area (Å²) in [4.78, 5) is 24.1. The fourth-order valence-electron chi connectivity index (χ4n) is 2.99. The molecule has 1 aliphatic carbocycles. The van der Waals surface area contributed by atoms with Gasteiger partial charge < -0.3 is 9.47 Å². The molecule has 1 saturated carbocycles. The SMILES string of the molecule is C=C(C)C(=O)OC1(C(C)(C)OC(=O)CCCCC)CCCC1. The maximum Gasteiger partial charge on any atom is 0.333 e. The van der Waals surface area contributed by atoms with Gasteiger partial charge in [0.2, 0.25) is 0 Å². The van der Waals surface area contributed by atoms with Crippen molar-refractivity contribution in [3.8, 4) is 0 Å². The molecule has 22 heavy (non-hydrogen) atoms. The zero-order valence-corrected chi connectivity index (χ0v) is 14.5. The Morgan fingerprint density at radius 2 is 1.77 bits per heavy atom. The highest BCUT2D eigenvalue weighted by Gasteiger charge is 2.53. The lowest BCUT2D eigenvalue weighted by atomic mass is 9.83. The molecule has 1 aliphatic rings. The minimum Gasteiger partial charge on any atom is -0.455 e. The van der Waals surface area contributed by atoms with Gasteiger partial charge in [-0.15, -0.1) is 0 Å². The maximum atomic E-state index is 12.1. The molecule has 1 rings (SSSR count). The number of carbonyl (C=O) groups excluding carboxylic acids is 2. The van der Waals surface area contributed by atoms with E-state index in [0.717, 1.165) is 44.9 Å². The Hall–Kier alpha value is -1.32. The number of esters is 2. The van der Waals surface area contributed by atoms with Crippen molar-refractivity contribution < 1.29 is 19.1 Å². The third-order valence-electron chi connectivity index (χ3n) is 4.50. The summed E-state index contributed by atoms with van der Waals surface area (Å²) in [5, 5.41) is 0. The van der Waals surface area contributed by atoms with Gasteiger partial charge in [-0.05, 0) is 52.9 Å². The van der Waals surface area contributed by atoms with Gasteiger partial charge in [0.1, 0.15) is 5.60 Å². The van der Waals surface area contributed by atoms with Gasteiger partial charge in [-0.2, -0.15) is 0 Å². The highest BCUT2D eigenvalue weighted by atomic mass is 16.6. The van der Waals surface area contributed by atoms with Crippen LogP contribution >= 0.6 is 0 Å². The van der Waals surface area contributed by atoms with E-state index in [-0.39, 0.29) is 5.97 Å². The molecule has 0 radical (unpaired) electrons. The van der Waals surface area contributed by atoms with Crippen molar-refractivity contribution in [2.75, 3.05) is 0 Å². The largest absolute Gasteiger partial charge is 0.455 e. The monoisotopic (exact) mass is 310 g/mol. The second kappa shape index (κ2) is 7.80. The van der Waals surface area contributed by atoms with Gasteiger partial charge in [0.15, 0.2) is 5.60 Å². The number of ether oxygens (including phenoxy) is 2. The van der Waals surface area contributed by atoms with Crippen LogP contribution in [0.1, 0.15) is 79.1 Å². The van der Waals surface area contributed by atoms with Crippen LogP contribution in [0.2, 0.25) is 0 Å². The summed E-state index contributed by atoms with van der Waals surface area (Å²) in [5.74, 6) is -0.617. The molecule has 0 N–H and O–H groups in total. The number of rotatable bonds is 8. The van der Waals surface area contributed by atoms with Crippen LogP contribution in [0.4, 0.5) is 0 Å². The first-order valence-corrected chi connectivity index (χ1v) is 8.35. The van der Waals surface area contributed by atoms with Crippen LogP contribution in [0.3, 0.4) is 0 Å². The van der Waals surface area contributed by atoms with E-state index < -0.39 is 17.2 Å². The van der Waals surface area contributed by atoms with Gasteiger partial charge in [-0.3, -0.25) is 4.79 Å². The Kier molecular flexibility index (Phi) is 6.64. The van der Waals surface area contributed by atoms with Gasteiger partial charge in [0.05, 0.1) is 0 Å². The molecule has 4 nitrogen and oxygen atoms in total. The summed E-state index contributed by atoms with van der Waals surface area (Å²) >= 11 is 0. The molecule has 4 heteroatoms. The van der Waals surface area contributed by atoms with Crippen LogP contribution < -0.4 is 0 Å². The summed E-state index contributed by atoms with van der Waals surface area (Å²) in [6, 6.07) is 0. The smallest absolute Gasteiger partial charge is 0.333 e. The molecule has 0 spiro atoms. The molecule has 0 amide bonds. The average Bonchev–Trinajstić information content (AvgIpc) is 2.88. The third-order valence-corrected chi connectivity index (χ3v) is 4.50. The number of hydrogen-bond donors (Lipinski definition) is 0. The van der Waals surface area contributed by atoms with Crippen molar-refractivity contribution in [3.05, 3.63) is 12.2 Å². The number of unbranched alkanes of at least 4 members (excludes halogenated alkanes) is 2. The van der Waals surface area contributed by atoms with Gasteiger partial charge in [-0.1, -0.05) is 26.3 Å². The lowest BCUT2D eigenvalue weighted by Gasteiger charge is -2.42. The van der Waals surface area contributed by atoms with Crippen molar-refractivity contribution >= 4 is 11.9 Å². The van der Waals surface area contributed by atoms with Crippen LogP contribution in [0, 0.1) is 0 Å². The summed E-state index contributed by atoms with van der Waals surface area (Å²) in [5.41, 5.74) is -1.18.